The van der Waals surface area contributed by atoms with Gasteiger partial charge in [-0.25, -0.2) is 4.79 Å². The van der Waals surface area contributed by atoms with Crippen molar-refractivity contribution >= 4 is 28.9 Å². The van der Waals surface area contributed by atoms with Crippen LogP contribution in [-0.4, -0.2) is 69.9 Å². The SMILES string of the molecule is COCC(Nc1cc(C#CC(C)(C)C)sc1C(=O)OC)C(=O)N1CCOCC1. The van der Waals surface area contributed by atoms with E-state index >= 15 is 0 Å². The quantitative estimate of drug-likeness (QED) is 0.575. The predicted molar refractivity (Wildman–Crippen MR) is 109 cm³/mol. The molecule has 2 rings (SSSR count). The Bertz CT molecular complexity index is 751. The van der Waals surface area contributed by atoms with E-state index in [1.807, 2.05) is 20.8 Å². The van der Waals surface area contributed by atoms with Gasteiger partial charge in [-0.3, -0.25) is 4.79 Å². The lowest BCUT2D eigenvalue weighted by Gasteiger charge is -2.30. The highest BCUT2D eigenvalue weighted by molar-refractivity contribution is 7.15. The summed E-state index contributed by atoms with van der Waals surface area (Å²) in [4.78, 5) is 28.0. The second kappa shape index (κ2) is 9.92. The van der Waals surface area contributed by atoms with Crippen molar-refractivity contribution in [1.29, 1.82) is 0 Å². The van der Waals surface area contributed by atoms with E-state index < -0.39 is 12.0 Å². The fourth-order valence-electron chi connectivity index (χ4n) is 2.59. The average molecular weight is 409 g/mol. The summed E-state index contributed by atoms with van der Waals surface area (Å²) in [5, 5.41) is 3.16. The molecule has 8 heteroatoms. The fraction of sp³-hybridized carbons (Fsp3) is 0.600. The van der Waals surface area contributed by atoms with Crippen molar-refractivity contribution in [3.63, 3.8) is 0 Å². The number of methoxy groups -OCH3 is 2. The van der Waals surface area contributed by atoms with Crippen LogP contribution >= 0.6 is 11.3 Å². The van der Waals surface area contributed by atoms with Crippen LogP contribution in [0.5, 0.6) is 0 Å². The molecule has 1 unspecified atom stereocenters. The second-order valence-corrected chi connectivity index (χ2v) is 8.49. The number of hydrogen-bond acceptors (Lipinski definition) is 7. The van der Waals surface area contributed by atoms with Crippen molar-refractivity contribution in [2.24, 2.45) is 5.41 Å². The Balaban J connectivity index is 2.28. The molecular weight excluding hydrogens is 380 g/mol. The highest BCUT2D eigenvalue weighted by Gasteiger charge is 2.28. The van der Waals surface area contributed by atoms with E-state index in [4.69, 9.17) is 14.2 Å². The first-order valence-corrected chi connectivity index (χ1v) is 9.94. The molecule has 1 aromatic heterocycles. The number of nitrogens with zero attached hydrogens (tertiary/aromatic N) is 1. The van der Waals surface area contributed by atoms with E-state index in [2.05, 4.69) is 17.2 Å². The van der Waals surface area contributed by atoms with Gasteiger partial charge in [-0.1, -0.05) is 11.8 Å². The van der Waals surface area contributed by atoms with Gasteiger partial charge in [0.15, 0.2) is 0 Å². The first-order chi connectivity index (χ1) is 13.2. The Kier molecular flexibility index (Phi) is 7.87. The van der Waals surface area contributed by atoms with E-state index in [1.165, 1.54) is 25.6 Å². The number of rotatable bonds is 6. The van der Waals surface area contributed by atoms with Gasteiger partial charge in [-0.05, 0) is 26.8 Å². The van der Waals surface area contributed by atoms with Crippen molar-refractivity contribution in [3.05, 3.63) is 15.8 Å². The van der Waals surface area contributed by atoms with Gasteiger partial charge in [-0.2, -0.15) is 0 Å². The molecule has 0 spiro atoms. The number of esters is 1. The molecule has 1 saturated heterocycles. The molecule has 2 heterocycles. The zero-order valence-electron chi connectivity index (χ0n) is 17.1. The van der Waals surface area contributed by atoms with Gasteiger partial charge in [0.25, 0.3) is 0 Å². The first-order valence-electron chi connectivity index (χ1n) is 9.12. The van der Waals surface area contributed by atoms with Crippen LogP contribution in [0.15, 0.2) is 6.07 Å². The molecule has 28 heavy (non-hydrogen) atoms. The lowest BCUT2D eigenvalue weighted by atomic mass is 9.98. The lowest BCUT2D eigenvalue weighted by molar-refractivity contribution is -0.137. The Hall–Kier alpha value is -2.08. The molecular formula is C20H28N2O5S. The molecule has 7 nitrogen and oxygen atoms in total. The third-order valence-electron chi connectivity index (χ3n) is 3.95. The minimum Gasteiger partial charge on any atom is -0.465 e. The molecule has 0 aromatic carbocycles. The zero-order valence-corrected chi connectivity index (χ0v) is 17.9. The minimum atomic E-state index is -0.621. The summed E-state index contributed by atoms with van der Waals surface area (Å²) in [5.41, 5.74) is 0.368. The molecule has 0 saturated carbocycles. The molecule has 1 aliphatic heterocycles. The normalized spacial score (nSPS) is 15.4. The van der Waals surface area contributed by atoms with Crippen LogP contribution < -0.4 is 5.32 Å². The van der Waals surface area contributed by atoms with E-state index in [0.29, 0.717) is 36.9 Å². The average Bonchev–Trinajstić information content (AvgIpc) is 3.08. The van der Waals surface area contributed by atoms with Crippen LogP contribution in [0, 0.1) is 17.3 Å². The van der Waals surface area contributed by atoms with Crippen LogP contribution in [-0.2, 0) is 19.0 Å². The number of nitrogens with one attached hydrogen (secondary N) is 1. The number of carbonyl (C=O) groups is 2. The Morgan fingerprint density at radius 3 is 2.57 bits per heavy atom. The molecule has 1 aliphatic rings. The van der Waals surface area contributed by atoms with Crippen molar-refractivity contribution < 1.29 is 23.8 Å². The van der Waals surface area contributed by atoms with Gasteiger partial charge >= 0.3 is 5.97 Å². The Morgan fingerprint density at radius 2 is 2.00 bits per heavy atom. The van der Waals surface area contributed by atoms with E-state index in [9.17, 15) is 9.59 Å². The molecule has 0 radical (unpaired) electrons. The van der Waals surface area contributed by atoms with Gasteiger partial charge in [0.1, 0.15) is 10.9 Å². The molecule has 1 fully saturated rings. The molecule has 1 aromatic rings. The summed E-state index contributed by atoms with van der Waals surface area (Å²) >= 11 is 1.24. The third kappa shape index (κ3) is 6.23. The van der Waals surface area contributed by atoms with Crippen molar-refractivity contribution in [1.82, 2.24) is 4.90 Å². The van der Waals surface area contributed by atoms with Crippen LogP contribution in [0.3, 0.4) is 0 Å². The lowest BCUT2D eigenvalue weighted by Crippen LogP contribution is -2.49. The van der Waals surface area contributed by atoms with Crippen molar-refractivity contribution in [2.45, 2.75) is 26.8 Å². The molecule has 0 bridgehead atoms. The summed E-state index contributed by atoms with van der Waals surface area (Å²) in [5.74, 6) is 5.70. The fourth-order valence-corrected chi connectivity index (χ4v) is 3.48. The number of anilines is 1. The van der Waals surface area contributed by atoms with Crippen molar-refractivity contribution in [3.8, 4) is 11.8 Å². The highest BCUT2D eigenvalue weighted by atomic mass is 32.1. The number of thiophene rings is 1. The van der Waals surface area contributed by atoms with E-state index in [1.54, 1.807) is 11.0 Å². The van der Waals surface area contributed by atoms with Gasteiger partial charge in [0.2, 0.25) is 5.91 Å². The number of morpholine rings is 1. The standard InChI is InChI=1S/C20H28N2O5S/c1-20(2,3)7-6-14-12-15(17(28-14)19(24)26-5)21-16(13-25-4)18(23)22-8-10-27-11-9-22/h12,16,21H,8-11,13H2,1-5H3. The number of ether oxygens (including phenoxy) is 3. The maximum atomic E-state index is 12.9. The van der Waals surface area contributed by atoms with Crippen LogP contribution in [0.1, 0.15) is 35.3 Å². The van der Waals surface area contributed by atoms with Gasteiger partial charge in [0.05, 0.1) is 37.5 Å². The zero-order chi connectivity index (χ0) is 20.7. The summed E-state index contributed by atoms with van der Waals surface area (Å²) in [6.45, 7) is 8.34. The topological polar surface area (TPSA) is 77.1 Å². The van der Waals surface area contributed by atoms with Gasteiger partial charge in [0, 0.05) is 25.6 Å². The first kappa shape index (κ1) is 22.2. The van der Waals surface area contributed by atoms with E-state index in [-0.39, 0.29) is 17.9 Å². The largest absolute Gasteiger partial charge is 0.465 e. The minimum absolute atomic E-state index is 0.0884. The molecule has 1 N–H and O–H groups in total. The van der Waals surface area contributed by atoms with E-state index in [0.717, 1.165) is 4.88 Å². The third-order valence-corrected chi connectivity index (χ3v) is 4.98. The van der Waals surface area contributed by atoms with Crippen molar-refractivity contribution in [2.75, 3.05) is 52.4 Å². The van der Waals surface area contributed by atoms with Gasteiger partial charge in [-0.15, -0.1) is 11.3 Å². The van der Waals surface area contributed by atoms with Gasteiger partial charge < -0.3 is 24.4 Å². The smallest absolute Gasteiger partial charge is 0.350 e. The number of hydrogen-bond donors (Lipinski definition) is 1. The number of amides is 1. The molecule has 0 aliphatic carbocycles. The summed E-state index contributed by atoms with van der Waals surface area (Å²) in [6, 6.07) is 1.16. The highest BCUT2D eigenvalue weighted by Crippen LogP contribution is 2.29. The predicted octanol–water partition coefficient (Wildman–Crippen LogP) is 2.22. The summed E-state index contributed by atoms with van der Waals surface area (Å²) < 4.78 is 15.4. The molecule has 1 amide bonds. The van der Waals surface area contributed by atoms with Crippen LogP contribution in [0.2, 0.25) is 0 Å². The maximum absolute atomic E-state index is 12.9. The Morgan fingerprint density at radius 1 is 1.32 bits per heavy atom. The maximum Gasteiger partial charge on any atom is 0.350 e. The van der Waals surface area contributed by atoms with Crippen LogP contribution in [0.25, 0.3) is 0 Å². The monoisotopic (exact) mass is 408 g/mol. The second-order valence-electron chi connectivity index (χ2n) is 7.43. The Labute approximate surface area is 170 Å². The summed E-state index contributed by atoms with van der Waals surface area (Å²) in [6.07, 6.45) is 0. The van der Waals surface area contributed by atoms with Crippen LogP contribution in [0.4, 0.5) is 5.69 Å². The molecule has 1 atom stereocenters. The molecule has 154 valence electrons. The summed E-state index contributed by atoms with van der Waals surface area (Å²) in [7, 11) is 2.87. The number of carbonyl (C=O) groups excluding carboxylic acids is 2.